The first-order valence-corrected chi connectivity index (χ1v) is 5.98. The first-order chi connectivity index (χ1) is 7.79. The van der Waals surface area contributed by atoms with E-state index in [0.29, 0.717) is 6.61 Å². The molecule has 5 heteroatoms. The van der Waals surface area contributed by atoms with Crippen LogP contribution in [0.3, 0.4) is 0 Å². The third kappa shape index (κ3) is 2.93. The topological polar surface area (TPSA) is 29.5 Å². The molecular formula is C11H12BBrNO2. The van der Waals surface area contributed by atoms with Crippen molar-refractivity contribution in [3.8, 4) is 0 Å². The summed E-state index contributed by atoms with van der Waals surface area (Å²) < 4.78 is 6.75. The van der Waals surface area contributed by atoms with Crippen LogP contribution in [0.5, 0.6) is 0 Å². The fraction of sp³-hybridized carbons (Fsp3) is 0.364. The van der Waals surface area contributed by atoms with Gasteiger partial charge >= 0.3 is 0 Å². The minimum absolute atomic E-state index is 0.0537. The molecule has 0 aromatic heterocycles. The Balaban J connectivity index is 2.03. The molecule has 1 aromatic carbocycles. The third-order valence-electron chi connectivity index (χ3n) is 2.61. The molecule has 1 saturated heterocycles. The summed E-state index contributed by atoms with van der Waals surface area (Å²) in [5.74, 6) is 0. The average molecular weight is 281 g/mol. The van der Waals surface area contributed by atoms with Crippen molar-refractivity contribution in [2.75, 3.05) is 19.7 Å². The Morgan fingerprint density at radius 3 is 2.88 bits per heavy atom. The van der Waals surface area contributed by atoms with E-state index in [1.165, 1.54) is 0 Å². The zero-order valence-electron chi connectivity index (χ0n) is 8.80. The van der Waals surface area contributed by atoms with Gasteiger partial charge in [-0.3, -0.25) is 0 Å². The van der Waals surface area contributed by atoms with Gasteiger partial charge in [-0.1, -0.05) is 28.1 Å². The molecule has 0 aliphatic carbocycles. The maximum absolute atomic E-state index is 10.4. The quantitative estimate of drug-likeness (QED) is 0.623. The van der Waals surface area contributed by atoms with Crippen LogP contribution in [0, 0.1) is 0 Å². The van der Waals surface area contributed by atoms with Gasteiger partial charge in [0.1, 0.15) is 0 Å². The van der Waals surface area contributed by atoms with Gasteiger partial charge < -0.3 is 14.3 Å². The van der Waals surface area contributed by atoms with Crippen LogP contribution in [0.2, 0.25) is 0 Å². The maximum Gasteiger partial charge on any atom is 0.293 e. The molecule has 2 rings (SSSR count). The van der Waals surface area contributed by atoms with E-state index in [2.05, 4.69) is 15.9 Å². The highest BCUT2D eigenvalue weighted by Gasteiger charge is 2.21. The third-order valence-corrected chi connectivity index (χ3v) is 3.14. The fourth-order valence-corrected chi connectivity index (χ4v) is 2.03. The smallest absolute Gasteiger partial charge is 0.293 e. The molecule has 83 valence electrons. The van der Waals surface area contributed by atoms with Crippen LogP contribution in [-0.2, 0) is 9.53 Å². The predicted molar refractivity (Wildman–Crippen MR) is 66.9 cm³/mol. The Bertz CT molecular complexity index is 358. The van der Waals surface area contributed by atoms with Gasteiger partial charge in [-0.25, -0.2) is 0 Å². The van der Waals surface area contributed by atoms with Crippen molar-refractivity contribution in [1.29, 1.82) is 0 Å². The minimum atomic E-state index is 0.0537. The molecule has 1 radical (unpaired) electrons. The molecule has 1 unspecified atom stereocenters. The number of hydrogen-bond donors (Lipinski definition) is 0. The predicted octanol–water partition coefficient (Wildman–Crippen LogP) is 1.63. The first-order valence-electron chi connectivity index (χ1n) is 5.19. The van der Waals surface area contributed by atoms with Gasteiger partial charge in [-0.05, 0) is 17.7 Å². The first kappa shape index (κ1) is 11.8. The van der Waals surface area contributed by atoms with Crippen molar-refractivity contribution in [3.63, 3.8) is 0 Å². The van der Waals surface area contributed by atoms with Gasteiger partial charge in [0.15, 0.2) is 0 Å². The second kappa shape index (κ2) is 5.61. The zero-order chi connectivity index (χ0) is 11.4. The van der Waals surface area contributed by atoms with Crippen molar-refractivity contribution in [3.05, 3.63) is 34.3 Å². The monoisotopic (exact) mass is 280 g/mol. The van der Waals surface area contributed by atoms with Gasteiger partial charge in [0.05, 0.1) is 18.9 Å². The Hall–Kier alpha value is -0.645. The van der Waals surface area contributed by atoms with E-state index < -0.39 is 0 Å². The fourth-order valence-electron chi connectivity index (χ4n) is 1.77. The summed E-state index contributed by atoms with van der Waals surface area (Å²) in [5, 5.41) is 0. The summed E-state index contributed by atoms with van der Waals surface area (Å²) in [6.07, 6.45) is 0.877. The number of rotatable bonds is 3. The lowest BCUT2D eigenvalue weighted by atomic mass is 9.92. The Morgan fingerprint density at radius 2 is 2.19 bits per heavy atom. The molecule has 0 N–H and O–H groups in total. The zero-order valence-corrected chi connectivity index (χ0v) is 10.4. The van der Waals surface area contributed by atoms with Gasteiger partial charge in [-0.2, -0.15) is 0 Å². The van der Waals surface area contributed by atoms with E-state index in [1.807, 2.05) is 29.1 Å². The largest absolute Gasteiger partial charge is 0.371 e. The lowest BCUT2D eigenvalue weighted by molar-refractivity contribution is -0.00284. The molecular weight excluding hydrogens is 269 g/mol. The van der Waals surface area contributed by atoms with Crippen LogP contribution in [0.25, 0.3) is 0 Å². The highest BCUT2D eigenvalue weighted by atomic mass is 79.9. The normalized spacial score (nSPS) is 21.7. The van der Waals surface area contributed by atoms with Crippen molar-refractivity contribution >= 4 is 29.5 Å². The van der Waals surface area contributed by atoms with Crippen LogP contribution in [-0.4, -0.2) is 38.1 Å². The molecule has 0 saturated carbocycles. The van der Waals surface area contributed by atoms with Crippen molar-refractivity contribution in [2.24, 2.45) is 0 Å². The molecule has 0 amide bonds. The lowest BCUT2D eigenvalue weighted by Crippen LogP contribution is -2.41. The van der Waals surface area contributed by atoms with E-state index >= 15 is 0 Å². The number of hydrogen-bond acceptors (Lipinski definition) is 3. The van der Waals surface area contributed by atoms with Gasteiger partial charge in [-0.15, -0.1) is 0 Å². The summed E-state index contributed by atoms with van der Waals surface area (Å²) in [4.78, 5) is 12.4. The van der Waals surface area contributed by atoms with Crippen molar-refractivity contribution in [1.82, 2.24) is 4.81 Å². The SMILES string of the molecule is O=C[B]N1CCOC(c2ccc(Br)cc2)C1. The second-order valence-corrected chi connectivity index (χ2v) is 4.61. The maximum atomic E-state index is 10.4. The lowest BCUT2D eigenvalue weighted by Gasteiger charge is -2.31. The molecule has 1 heterocycles. The van der Waals surface area contributed by atoms with Crippen LogP contribution >= 0.6 is 15.9 Å². The standard InChI is InChI=1S/C11H12BBrNO2/c13-10-3-1-9(2-4-10)11-7-14(12-8-15)5-6-16-11/h1-4,8,11H,5-7H2. The van der Waals surface area contributed by atoms with E-state index in [0.717, 1.165) is 29.3 Å². The molecule has 0 spiro atoms. The molecule has 0 bridgehead atoms. The van der Waals surface area contributed by atoms with E-state index in [1.54, 1.807) is 7.41 Å². The Labute approximate surface area is 104 Å². The van der Waals surface area contributed by atoms with Gasteiger partial charge in [0.25, 0.3) is 7.41 Å². The molecule has 1 atom stereocenters. The highest BCUT2D eigenvalue weighted by molar-refractivity contribution is 9.10. The van der Waals surface area contributed by atoms with Crippen LogP contribution in [0.4, 0.5) is 0 Å². The summed E-state index contributed by atoms with van der Waals surface area (Å²) in [6, 6.07) is 8.08. The van der Waals surface area contributed by atoms with Gasteiger partial charge in [0, 0.05) is 17.6 Å². The molecule has 16 heavy (non-hydrogen) atoms. The second-order valence-electron chi connectivity index (χ2n) is 3.69. The molecule has 1 aromatic rings. The summed E-state index contributed by atoms with van der Waals surface area (Å²) >= 11 is 3.40. The Kier molecular flexibility index (Phi) is 4.15. The summed E-state index contributed by atoms with van der Waals surface area (Å²) in [5.41, 5.74) is 1.15. The minimum Gasteiger partial charge on any atom is -0.371 e. The van der Waals surface area contributed by atoms with Crippen LogP contribution in [0.15, 0.2) is 28.7 Å². The number of carbonyl (C=O) groups excluding carboxylic acids is 1. The molecule has 3 nitrogen and oxygen atoms in total. The number of morpholine rings is 1. The number of halogens is 1. The van der Waals surface area contributed by atoms with Gasteiger partial charge in [0.2, 0.25) is 0 Å². The number of benzene rings is 1. The van der Waals surface area contributed by atoms with E-state index in [9.17, 15) is 4.79 Å². The van der Waals surface area contributed by atoms with Crippen LogP contribution < -0.4 is 0 Å². The average Bonchev–Trinajstić information content (AvgIpc) is 2.31. The van der Waals surface area contributed by atoms with Crippen molar-refractivity contribution < 1.29 is 9.53 Å². The molecule has 1 aliphatic rings. The number of carbonyl (C=O) groups is 1. The van der Waals surface area contributed by atoms with E-state index in [-0.39, 0.29) is 6.10 Å². The molecule has 1 fully saturated rings. The molecule has 1 aliphatic heterocycles. The number of ether oxygens (including phenoxy) is 1. The van der Waals surface area contributed by atoms with E-state index in [4.69, 9.17) is 4.74 Å². The van der Waals surface area contributed by atoms with Crippen LogP contribution in [0.1, 0.15) is 11.7 Å². The Morgan fingerprint density at radius 1 is 1.44 bits per heavy atom. The summed E-state index contributed by atoms with van der Waals surface area (Å²) in [7, 11) is 1.58. The summed E-state index contributed by atoms with van der Waals surface area (Å²) in [6.45, 7) is 2.18. The van der Waals surface area contributed by atoms with Crippen molar-refractivity contribution in [2.45, 2.75) is 6.10 Å². The highest BCUT2D eigenvalue weighted by Crippen LogP contribution is 2.23. The number of nitrogens with zero attached hydrogens (tertiary/aromatic N) is 1.